The van der Waals surface area contributed by atoms with Crippen LogP contribution < -0.4 is 10.2 Å². The minimum Gasteiger partial charge on any atom is -0.351 e. The maximum Gasteiger partial charge on any atom is 0.270 e. The zero-order valence-corrected chi connectivity index (χ0v) is 19.8. The van der Waals surface area contributed by atoms with Crippen molar-refractivity contribution in [3.8, 4) is 0 Å². The summed E-state index contributed by atoms with van der Waals surface area (Å²) in [6.45, 7) is 2.70. The summed E-state index contributed by atoms with van der Waals surface area (Å²) in [6, 6.07) is 10.1. The average Bonchev–Trinajstić information content (AvgIpc) is 3.31. The number of likely N-dealkylation sites (N-methyl/N-ethyl adjacent to an activating group) is 1. The van der Waals surface area contributed by atoms with Gasteiger partial charge in [-0.1, -0.05) is 49.1 Å². The van der Waals surface area contributed by atoms with Gasteiger partial charge in [0.2, 0.25) is 0 Å². The van der Waals surface area contributed by atoms with Gasteiger partial charge in [-0.05, 0) is 57.8 Å². The molecule has 1 aromatic heterocycles. The average molecular weight is 441 g/mol. The quantitative estimate of drug-likeness (QED) is 0.405. The van der Waals surface area contributed by atoms with E-state index in [1.54, 1.807) is 5.57 Å². The molecule has 0 saturated carbocycles. The summed E-state index contributed by atoms with van der Waals surface area (Å²) in [5.74, 6) is -0.0920. The van der Waals surface area contributed by atoms with Crippen molar-refractivity contribution >= 4 is 28.1 Å². The number of nitrogens with one attached hydrogen (secondary N) is 1. The summed E-state index contributed by atoms with van der Waals surface area (Å²) in [7, 11) is 4.15. The molecule has 0 spiro atoms. The van der Waals surface area contributed by atoms with Crippen LogP contribution in [-0.2, 0) is 0 Å². The van der Waals surface area contributed by atoms with Gasteiger partial charge in [-0.25, -0.2) is 4.98 Å². The van der Waals surface area contributed by atoms with Gasteiger partial charge in [0.1, 0.15) is 5.69 Å². The minimum atomic E-state index is -0.0920. The van der Waals surface area contributed by atoms with Gasteiger partial charge in [-0.2, -0.15) is 0 Å². The molecule has 0 atom stereocenters. The Kier molecular flexibility index (Phi) is 9.56. The standard InChI is InChI=1S/C25H36N4OS/c1-28(19-21-13-8-5-3-4-6-9-14-21)18-12-17-26-24(30)23-20-31-25(27-23)29(2)22-15-10-7-11-16-22/h7,10-11,13,15-16,20H,3-6,8-9,12,14,17-19H2,1-2H3,(H,26,30)/b21-13+. The minimum absolute atomic E-state index is 0.0920. The summed E-state index contributed by atoms with van der Waals surface area (Å²) in [4.78, 5) is 21.4. The van der Waals surface area contributed by atoms with Crippen molar-refractivity contribution in [1.82, 2.24) is 15.2 Å². The molecule has 1 aliphatic carbocycles. The molecule has 0 radical (unpaired) electrons. The normalized spacial score (nSPS) is 16.7. The molecule has 0 saturated heterocycles. The van der Waals surface area contributed by atoms with Crippen LogP contribution in [0.2, 0.25) is 0 Å². The van der Waals surface area contributed by atoms with Gasteiger partial charge in [-0.15, -0.1) is 11.3 Å². The fourth-order valence-corrected chi connectivity index (χ4v) is 4.72. The van der Waals surface area contributed by atoms with Gasteiger partial charge < -0.3 is 15.1 Å². The maximum atomic E-state index is 12.5. The third-order valence-corrected chi connectivity index (χ3v) is 6.68. The number of amides is 1. The highest BCUT2D eigenvalue weighted by Gasteiger charge is 2.14. The lowest BCUT2D eigenvalue weighted by Gasteiger charge is -2.19. The second-order valence-corrected chi connectivity index (χ2v) is 9.26. The van der Waals surface area contributed by atoms with Crippen LogP contribution in [0.15, 0.2) is 47.4 Å². The van der Waals surface area contributed by atoms with E-state index in [1.165, 1.54) is 56.3 Å². The summed E-state index contributed by atoms with van der Waals surface area (Å²) >= 11 is 1.49. The fourth-order valence-electron chi connectivity index (χ4n) is 3.93. The molecular formula is C25H36N4OS. The number of hydrogen-bond donors (Lipinski definition) is 1. The molecule has 1 aliphatic rings. The number of nitrogens with zero attached hydrogens (tertiary/aromatic N) is 3. The lowest BCUT2D eigenvalue weighted by molar-refractivity contribution is 0.0948. The lowest BCUT2D eigenvalue weighted by atomic mass is 10.1. The van der Waals surface area contributed by atoms with Gasteiger partial charge >= 0.3 is 0 Å². The van der Waals surface area contributed by atoms with Crippen molar-refractivity contribution in [3.63, 3.8) is 0 Å². The lowest BCUT2D eigenvalue weighted by Crippen LogP contribution is -2.29. The largest absolute Gasteiger partial charge is 0.351 e. The second kappa shape index (κ2) is 12.6. The van der Waals surface area contributed by atoms with Crippen LogP contribution >= 0.6 is 11.3 Å². The first-order chi connectivity index (χ1) is 15.1. The van der Waals surface area contributed by atoms with E-state index in [0.29, 0.717) is 12.2 Å². The molecule has 1 N–H and O–H groups in total. The van der Waals surface area contributed by atoms with E-state index in [1.807, 2.05) is 47.7 Å². The molecule has 168 valence electrons. The Bertz CT molecular complexity index is 833. The van der Waals surface area contributed by atoms with Gasteiger partial charge in [0.05, 0.1) is 0 Å². The SMILES string of the molecule is CN(CCCNC(=O)c1csc(N(C)c2ccccc2)n1)C/C1=C/CCCCCCC1. The summed E-state index contributed by atoms with van der Waals surface area (Å²) in [5.41, 5.74) is 3.14. The Morgan fingerprint density at radius 1 is 1.10 bits per heavy atom. The van der Waals surface area contributed by atoms with Gasteiger partial charge in [0, 0.05) is 31.2 Å². The highest BCUT2D eigenvalue weighted by molar-refractivity contribution is 7.14. The number of aromatic nitrogens is 1. The molecule has 1 amide bonds. The van der Waals surface area contributed by atoms with Crippen LogP contribution in [0, 0.1) is 0 Å². The smallest absolute Gasteiger partial charge is 0.270 e. The molecular weight excluding hydrogens is 404 g/mol. The monoisotopic (exact) mass is 440 g/mol. The number of rotatable bonds is 9. The Balaban J connectivity index is 1.38. The van der Waals surface area contributed by atoms with E-state index in [0.717, 1.165) is 30.3 Å². The number of para-hydroxylation sites is 1. The number of anilines is 2. The van der Waals surface area contributed by atoms with Crippen LogP contribution in [0.3, 0.4) is 0 Å². The molecule has 6 heteroatoms. The summed E-state index contributed by atoms with van der Waals surface area (Å²) in [5, 5.41) is 5.67. The highest BCUT2D eigenvalue weighted by atomic mass is 32.1. The van der Waals surface area contributed by atoms with Crippen molar-refractivity contribution in [3.05, 3.63) is 53.1 Å². The van der Waals surface area contributed by atoms with Crippen LogP contribution in [0.1, 0.15) is 61.9 Å². The molecule has 3 rings (SSSR count). The number of allylic oxidation sites excluding steroid dienone is 1. The van der Waals surface area contributed by atoms with E-state index in [-0.39, 0.29) is 5.91 Å². The topological polar surface area (TPSA) is 48.5 Å². The molecule has 1 aromatic carbocycles. The van der Waals surface area contributed by atoms with Crippen molar-refractivity contribution in [2.75, 3.05) is 38.6 Å². The zero-order chi connectivity index (χ0) is 21.9. The molecule has 31 heavy (non-hydrogen) atoms. The first-order valence-electron chi connectivity index (χ1n) is 11.5. The van der Waals surface area contributed by atoms with E-state index in [4.69, 9.17) is 0 Å². The fraction of sp³-hybridized carbons (Fsp3) is 0.520. The number of benzene rings is 1. The Hall–Kier alpha value is -2.18. The molecule has 0 unspecified atom stereocenters. The maximum absolute atomic E-state index is 12.5. The van der Waals surface area contributed by atoms with E-state index >= 15 is 0 Å². The van der Waals surface area contributed by atoms with Crippen LogP contribution in [0.25, 0.3) is 0 Å². The van der Waals surface area contributed by atoms with Crippen molar-refractivity contribution < 1.29 is 4.79 Å². The summed E-state index contributed by atoms with van der Waals surface area (Å²) < 4.78 is 0. The number of hydrogen-bond acceptors (Lipinski definition) is 5. The van der Waals surface area contributed by atoms with Gasteiger partial charge in [0.15, 0.2) is 5.13 Å². The Morgan fingerprint density at radius 2 is 1.87 bits per heavy atom. The van der Waals surface area contributed by atoms with Gasteiger partial charge in [0.25, 0.3) is 5.91 Å². The van der Waals surface area contributed by atoms with Gasteiger partial charge in [-0.3, -0.25) is 4.79 Å². The first-order valence-corrected chi connectivity index (χ1v) is 12.4. The number of thiazole rings is 1. The van der Waals surface area contributed by atoms with Crippen molar-refractivity contribution in [2.45, 2.75) is 51.4 Å². The molecule has 2 aromatic rings. The van der Waals surface area contributed by atoms with E-state index in [2.05, 4.69) is 28.3 Å². The molecule has 5 nitrogen and oxygen atoms in total. The Labute approximate surface area is 191 Å². The van der Waals surface area contributed by atoms with E-state index in [9.17, 15) is 4.79 Å². The van der Waals surface area contributed by atoms with Crippen LogP contribution in [-0.4, -0.2) is 49.5 Å². The predicted octanol–water partition coefficient (Wildman–Crippen LogP) is 5.63. The zero-order valence-electron chi connectivity index (χ0n) is 19.0. The third-order valence-electron chi connectivity index (χ3n) is 5.77. The summed E-state index contributed by atoms with van der Waals surface area (Å²) in [6.07, 6.45) is 12.7. The number of carbonyl (C=O) groups excluding carboxylic acids is 1. The third kappa shape index (κ3) is 7.78. The predicted molar refractivity (Wildman–Crippen MR) is 131 cm³/mol. The molecule has 0 aliphatic heterocycles. The first kappa shape index (κ1) is 23.5. The number of carbonyl (C=O) groups is 1. The van der Waals surface area contributed by atoms with Crippen molar-refractivity contribution in [2.24, 2.45) is 0 Å². The van der Waals surface area contributed by atoms with Crippen LogP contribution in [0.4, 0.5) is 10.8 Å². The highest BCUT2D eigenvalue weighted by Crippen LogP contribution is 2.26. The molecule has 0 bridgehead atoms. The second-order valence-electron chi connectivity index (χ2n) is 8.43. The van der Waals surface area contributed by atoms with E-state index < -0.39 is 0 Å². The van der Waals surface area contributed by atoms with Crippen molar-refractivity contribution in [1.29, 1.82) is 0 Å². The molecule has 0 fully saturated rings. The van der Waals surface area contributed by atoms with Crippen LogP contribution in [0.5, 0.6) is 0 Å². The Morgan fingerprint density at radius 3 is 2.71 bits per heavy atom. The molecule has 1 heterocycles.